The molecule has 5 heteroatoms. The van der Waals surface area contributed by atoms with Gasteiger partial charge in [0.25, 0.3) is 0 Å². The Balaban J connectivity index is 1.58. The third-order valence-corrected chi connectivity index (χ3v) is 4.89. The molecule has 5 nitrogen and oxygen atoms in total. The summed E-state index contributed by atoms with van der Waals surface area (Å²) in [5.74, 6) is 2.72. The van der Waals surface area contributed by atoms with Gasteiger partial charge in [-0.05, 0) is 24.3 Å². The molecule has 32 heavy (non-hydrogen) atoms. The van der Waals surface area contributed by atoms with E-state index in [0.29, 0.717) is 34.5 Å². The highest BCUT2D eigenvalue weighted by Gasteiger charge is 2.15. The van der Waals surface area contributed by atoms with E-state index < -0.39 is 0 Å². The first-order valence-electron chi connectivity index (χ1n) is 10.2. The van der Waals surface area contributed by atoms with E-state index in [-0.39, 0.29) is 5.75 Å². The van der Waals surface area contributed by atoms with Crippen molar-refractivity contribution < 1.29 is 9.84 Å². The Morgan fingerprint density at radius 2 is 1.00 bits per heavy atom. The van der Waals surface area contributed by atoms with Crippen molar-refractivity contribution in [3.63, 3.8) is 0 Å². The molecule has 0 saturated carbocycles. The first kappa shape index (κ1) is 19.5. The van der Waals surface area contributed by atoms with Crippen molar-refractivity contribution in [2.45, 2.75) is 0 Å². The maximum Gasteiger partial charge on any atom is 0.167 e. The largest absolute Gasteiger partial charge is 0.507 e. The summed E-state index contributed by atoms with van der Waals surface area (Å²) in [7, 11) is 0. The molecule has 0 aliphatic heterocycles. The van der Waals surface area contributed by atoms with Crippen molar-refractivity contribution in [1.29, 1.82) is 0 Å². The molecule has 0 saturated heterocycles. The number of hydrogen-bond donors (Lipinski definition) is 1. The van der Waals surface area contributed by atoms with Gasteiger partial charge in [0.05, 0.1) is 5.56 Å². The molecule has 0 atom stereocenters. The third kappa shape index (κ3) is 4.18. The number of phenols is 1. The second-order valence-electron chi connectivity index (χ2n) is 7.13. The highest BCUT2D eigenvalue weighted by Crippen LogP contribution is 2.34. The van der Waals surface area contributed by atoms with Gasteiger partial charge in [-0.3, -0.25) is 0 Å². The molecular weight excluding hydrogens is 398 g/mol. The molecule has 5 rings (SSSR count). The zero-order chi connectivity index (χ0) is 21.8. The highest BCUT2D eigenvalue weighted by atomic mass is 16.5. The van der Waals surface area contributed by atoms with Crippen LogP contribution in [-0.4, -0.2) is 20.1 Å². The van der Waals surface area contributed by atoms with Crippen molar-refractivity contribution in [1.82, 2.24) is 15.0 Å². The summed E-state index contributed by atoms with van der Waals surface area (Å²) >= 11 is 0. The van der Waals surface area contributed by atoms with Crippen molar-refractivity contribution in [3.8, 4) is 51.4 Å². The van der Waals surface area contributed by atoms with Gasteiger partial charge < -0.3 is 9.84 Å². The van der Waals surface area contributed by atoms with Gasteiger partial charge in [0, 0.05) is 17.2 Å². The quantitative estimate of drug-likeness (QED) is 0.360. The first-order valence-corrected chi connectivity index (χ1v) is 10.2. The van der Waals surface area contributed by atoms with Crippen molar-refractivity contribution in [3.05, 3.63) is 109 Å². The maximum absolute atomic E-state index is 10.8. The van der Waals surface area contributed by atoms with Crippen molar-refractivity contribution in [2.75, 3.05) is 0 Å². The van der Waals surface area contributed by atoms with Gasteiger partial charge >= 0.3 is 0 Å². The second-order valence-corrected chi connectivity index (χ2v) is 7.13. The van der Waals surface area contributed by atoms with Crippen LogP contribution in [-0.2, 0) is 0 Å². The Bertz CT molecular complexity index is 1280. The van der Waals surface area contributed by atoms with E-state index in [2.05, 4.69) is 15.0 Å². The van der Waals surface area contributed by atoms with E-state index in [4.69, 9.17) is 4.74 Å². The standard InChI is InChI=1S/C27H19N3O2/c31-24-18-22(32-21-14-8-3-9-15-21)16-17-23(24)27-29-25(19-10-4-1-5-11-19)28-26(30-27)20-12-6-2-7-13-20/h1-18,31H. The number of aromatic nitrogens is 3. The Morgan fingerprint density at radius 3 is 1.53 bits per heavy atom. The van der Waals surface area contributed by atoms with Crippen LogP contribution in [0.15, 0.2) is 109 Å². The van der Waals surface area contributed by atoms with Crippen LogP contribution in [0.1, 0.15) is 0 Å². The van der Waals surface area contributed by atoms with Crippen LogP contribution in [0.3, 0.4) is 0 Å². The third-order valence-electron chi connectivity index (χ3n) is 4.89. The Labute approximate surface area is 185 Å². The molecule has 0 aliphatic carbocycles. The molecule has 4 aromatic carbocycles. The molecule has 0 fully saturated rings. The average Bonchev–Trinajstić information content (AvgIpc) is 2.85. The van der Waals surface area contributed by atoms with Crippen LogP contribution >= 0.6 is 0 Å². The maximum atomic E-state index is 10.8. The summed E-state index contributed by atoms with van der Waals surface area (Å²) in [6, 6.07) is 34.0. The van der Waals surface area contributed by atoms with Crippen LogP contribution in [0.5, 0.6) is 17.2 Å². The van der Waals surface area contributed by atoms with Gasteiger partial charge in [-0.25, -0.2) is 15.0 Å². The zero-order valence-corrected chi connectivity index (χ0v) is 17.1. The molecule has 1 aromatic heterocycles. The molecule has 0 spiro atoms. The number of hydrogen-bond acceptors (Lipinski definition) is 5. The molecule has 154 valence electrons. The number of nitrogens with zero attached hydrogens (tertiary/aromatic N) is 3. The lowest BCUT2D eigenvalue weighted by atomic mass is 10.1. The first-order chi connectivity index (χ1) is 15.8. The summed E-state index contributed by atoms with van der Waals surface area (Å²) in [6.07, 6.45) is 0. The number of benzene rings is 4. The Hall–Kier alpha value is -4.51. The zero-order valence-electron chi connectivity index (χ0n) is 17.1. The van der Waals surface area contributed by atoms with Crippen molar-refractivity contribution >= 4 is 0 Å². The van der Waals surface area contributed by atoms with Crippen LogP contribution in [0, 0.1) is 0 Å². The molecule has 1 heterocycles. The fourth-order valence-electron chi connectivity index (χ4n) is 3.32. The molecule has 0 bridgehead atoms. The molecule has 0 aliphatic rings. The van der Waals surface area contributed by atoms with Crippen LogP contribution in [0.25, 0.3) is 34.2 Å². The number of ether oxygens (including phenoxy) is 1. The summed E-state index contributed by atoms with van der Waals surface area (Å²) in [5, 5.41) is 10.8. The molecule has 5 aromatic rings. The predicted molar refractivity (Wildman–Crippen MR) is 124 cm³/mol. The fourth-order valence-corrected chi connectivity index (χ4v) is 3.32. The van der Waals surface area contributed by atoms with E-state index in [9.17, 15) is 5.11 Å². The van der Waals surface area contributed by atoms with Crippen LogP contribution in [0.2, 0.25) is 0 Å². The van der Waals surface area contributed by atoms with E-state index >= 15 is 0 Å². The minimum atomic E-state index is 0.0302. The minimum Gasteiger partial charge on any atom is -0.507 e. The lowest BCUT2D eigenvalue weighted by Crippen LogP contribution is -2.00. The van der Waals surface area contributed by atoms with Crippen molar-refractivity contribution in [2.24, 2.45) is 0 Å². The van der Waals surface area contributed by atoms with Crippen LogP contribution in [0.4, 0.5) is 0 Å². The summed E-state index contributed by atoms with van der Waals surface area (Å²) < 4.78 is 5.82. The smallest absolute Gasteiger partial charge is 0.167 e. The van der Waals surface area contributed by atoms with Crippen LogP contribution < -0.4 is 4.74 Å². The van der Waals surface area contributed by atoms with Gasteiger partial charge in [0.1, 0.15) is 17.2 Å². The topological polar surface area (TPSA) is 68.1 Å². The van der Waals surface area contributed by atoms with E-state index in [1.807, 2.05) is 91.0 Å². The second kappa shape index (κ2) is 8.70. The SMILES string of the molecule is Oc1cc(Oc2ccccc2)ccc1-c1nc(-c2ccccc2)nc(-c2ccccc2)n1. The van der Waals surface area contributed by atoms with E-state index in [0.717, 1.165) is 11.1 Å². The summed E-state index contributed by atoms with van der Waals surface area (Å²) in [4.78, 5) is 14.0. The summed E-state index contributed by atoms with van der Waals surface area (Å²) in [6.45, 7) is 0. The predicted octanol–water partition coefficient (Wildman–Crippen LogP) is 6.37. The molecule has 1 N–H and O–H groups in total. The number of rotatable bonds is 5. The number of para-hydroxylation sites is 1. The number of phenolic OH excluding ortho intramolecular Hbond substituents is 1. The fraction of sp³-hybridized carbons (Fsp3) is 0. The lowest BCUT2D eigenvalue weighted by molar-refractivity contribution is 0.456. The lowest BCUT2D eigenvalue weighted by Gasteiger charge is -2.11. The van der Waals surface area contributed by atoms with Gasteiger partial charge in [0.2, 0.25) is 0 Å². The van der Waals surface area contributed by atoms with E-state index in [1.54, 1.807) is 18.2 Å². The van der Waals surface area contributed by atoms with E-state index in [1.165, 1.54) is 0 Å². The van der Waals surface area contributed by atoms with Gasteiger partial charge in [-0.2, -0.15) is 0 Å². The van der Waals surface area contributed by atoms with Gasteiger partial charge in [0.15, 0.2) is 17.5 Å². The Kier molecular flexibility index (Phi) is 5.29. The Morgan fingerprint density at radius 1 is 0.500 bits per heavy atom. The van der Waals surface area contributed by atoms with Gasteiger partial charge in [-0.15, -0.1) is 0 Å². The summed E-state index contributed by atoms with van der Waals surface area (Å²) in [5.41, 5.74) is 2.25. The molecule has 0 radical (unpaired) electrons. The normalized spacial score (nSPS) is 10.6. The average molecular weight is 417 g/mol. The highest BCUT2D eigenvalue weighted by molar-refractivity contribution is 5.70. The minimum absolute atomic E-state index is 0.0302. The molecular formula is C27H19N3O2. The number of aromatic hydroxyl groups is 1. The van der Waals surface area contributed by atoms with Gasteiger partial charge in [-0.1, -0.05) is 78.9 Å². The molecule has 0 unspecified atom stereocenters. The molecule has 0 amide bonds. The monoisotopic (exact) mass is 417 g/mol.